The van der Waals surface area contributed by atoms with Gasteiger partial charge in [0.05, 0.1) is 6.54 Å². The third-order valence-electron chi connectivity index (χ3n) is 4.03. The van der Waals surface area contributed by atoms with Gasteiger partial charge in [0.2, 0.25) is 11.8 Å². The van der Waals surface area contributed by atoms with Gasteiger partial charge in [-0.3, -0.25) is 15.0 Å². The number of nitrogen functional groups attached to an aromatic ring is 1. The molecule has 0 saturated carbocycles. The van der Waals surface area contributed by atoms with Crippen molar-refractivity contribution in [1.29, 1.82) is 5.41 Å². The van der Waals surface area contributed by atoms with Crippen LogP contribution in [0.4, 0.5) is 0 Å². The first-order chi connectivity index (χ1) is 13.8. The van der Waals surface area contributed by atoms with Crippen molar-refractivity contribution in [2.24, 2.45) is 11.5 Å². The number of hydrogen-bond acceptors (Lipinski definition) is 4. The van der Waals surface area contributed by atoms with E-state index < -0.39 is 6.04 Å². The van der Waals surface area contributed by atoms with Crippen molar-refractivity contribution in [2.75, 3.05) is 6.54 Å². The summed E-state index contributed by atoms with van der Waals surface area (Å²) in [7, 11) is 0. The molecule has 2 aromatic carbocycles. The monoisotopic (exact) mass is 417 g/mol. The number of amides is 2. The maximum absolute atomic E-state index is 11.7. The molecule has 29 heavy (non-hydrogen) atoms. The molecule has 1 atom stereocenters. The Morgan fingerprint density at radius 2 is 1.76 bits per heavy atom. The van der Waals surface area contributed by atoms with Crippen molar-refractivity contribution in [3.63, 3.8) is 0 Å². The van der Waals surface area contributed by atoms with Crippen LogP contribution >= 0.6 is 11.6 Å². The van der Waals surface area contributed by atoms with Crippen LogP contribution in [0.2, 0.25) is 5.02 Å². The topological polar surface area (TPSA) is 134 Å². The molecule has 0 heterocycles. The molecule has 2 amide bonds. The third-order valence-corrected chi connectivity index (χ3v) is 4.40. The van der Waals surface area contributed by atoms with E-state index in [0.29, 0.717) is 12.1 Å². The summed E-state index contributed by atoms with van der Waals surface area (Å²) >= 11 is 5.82. The Labute approximate surface area is 176 Å². The van der Waals surface area contributed by atoms with E-state index in [4.69, 9.17) is 28.5 Å². The van der Waals surface area contributed by atoms with Crippen molar-refractivity contribution in [1.82, 2.24) is 10.6 Å². The number of nitrogens with one attached hydrogen (secondary N) is 3. The molecule has 0 fully saturated rings. The molecule has 0 radical (unpaired) electrons. The number of nitrogens with two attached hydrogens (primary N) is 2. The van der Waals surface area contributed by atoms with Gasteiger partial charge in [-0.2, -0.15) is 0 Å². The highest BCUT2D eigenvalue weighted by molar-refractivity contribution is 6.31. The first-order valence-electron chi connectivity index (χ1n) is 9.22. The smallest absolute Gasteiger partial charge is 0.242 e. The molecule has 156 valence electrons. The Bertz CT molecular complexity index is 824. The zero-order chi connectivity index (χ0) is 21.8. The van der Waals surface area contributed by atoms with Crippen molar-refractivity contribution in [3.05, 3.63) is 70.2 Å². The van der Waals surface area contributed by atoms with Crippen LogP contribution in [0.15, 0.2) is 48.5 Å². The number of carbonyl (C=O) groups excluding carboxylic acids is 2. The molecule has 0 spiro atoms. The van der Waals surface area contributed by atoms with Crippen molar-refractivity contribution < 1.29 is 9.59 Å². The first-order valence-corrected chi connectivity index (χ1v) is 9.60. The zero-order valence-corrected chi connectivity index (χ0v) is 17.4. The van der Waals surface area contributed by atoms with E-state index in [1.807, 2.05) is 24.3 Å². The lowest BCUT2D eigenvalue weighted by atomic mass is 10.1. The lowest BCUT2D eigenvalue weighted by Gasteiger charge is -2.13. The highest BCUT2D eigenvalue weighted by Gasteiger charge is 2.14. The molecule has 0 saturated heterocycles. The van der Waals surface area contributed by atoms with Crippen molar-refractivity contribution in [2.45, 2.75) is 32.9 Å². The summed E-state index contributed by atoms with van der Waals surface area (Å²) in [5, 5.41) is 13.3. The van der Waals surface area contributed by atoms with Gasteiger partial charge in [-0.05, 0) is 30.5 Å². The number of benzene rings is 2. The number of halogens is 1. The predicted octanol–water partition coefficient (Wildman–Crippen LogP) is 1.95. The Morgan fingerprint density at radius 1 is 1.14 bits per heavy atom. The van der Waals surface area contributed by atoms with Crippen molar-refractivity contribution in [3.8, 4) is 0 Å². The largest absolute Gasteiger partial charge is 0.384 e. The standard InChI is InChI=1S/C13H19N5O2.C8H9Cl/c1-8(18-11(19)6-14)13(20)17-7-9-2-4-10(5-3-9)12(15)16;1-2-7-5-3-4-6-8(7)9/h2-5,8H,6-7,14H2,1H3,(H3,15,16)(H,17,20)(H,18,19);3-6H,2H2,1H3. The Hall–Kier alpha value is -2.90. The molecule has 0 aliphatic carbocycles. The Morgan fingerprint density at radius 3 is 2.24 bits per heavy atom. The maximum atomic E-state index is 11.7. The number of amidine groups is 1. The number of rotatable bonds is 7. The van der Waals surface area contributed by atoms with Crippen LogP contribution in [0.1, 0.15) is 30.5 Å². The maximum Gasteiger partial charge on any atom is 0.242 e. The average molecular weight is 418 g/mol. The lowest BCUT2D eigenvalue weighted by molar-refractivity contribution is -0.128. The summed E-state index contributed by atoms with van der Waals surface area (Å²) in [6, 6.07) is 14.3. The van der Waals surface area contributed by atoms with E-state index in [2.05, 4.69) is 17.6 Å². The van der Waals surface area contributed by atoms with Crippen LogP contribution in [0, 0.1) is 5.41 Å². The summed E-state index contributed by atoms with van der Waals surface area (Å²) in [6.07, 6.45) is 1.01. The Kier molecular flexibility index (Phi) is 10.4. The molecule has 1 unspecified atom stereocenters. The van der Waals surface area contributed by atoms with Crippen LogP contribution in [-0.4, -0.2) is 30.2 Å². The second-order valence-electron chi connectivity index (χ2n) is 6.27. The SMILES string of the molecule is CC(NC(=O)CN)C(=O)NCc1ccc(C(=N)N)cc1.CCc1ccccc1Cl. The van der Waals surface area contributed by atoms with E-state index in [9.17, 15) is 9.59 Å². The normalized spacial score (nSPS) is 10.9. The van der Waals surface area contributed by atoms with Gasteiger partial charge in [-0.25, -0.2) is 0 Å². The fraction of sp³-hybridized carbons (Fsp3) is 0.286. The van der Waals surface area contributed by atoms with Gasteiger partial charge in [-0.1, -0.05) is 61.0 Å². The molecule has 8 heteroatoms. The fourth-order valence-electron chi connectivity index (χ4n) is 2.30. The number of carbonyl (C=O) groups is 2. The quantitative estimate of drug-likeness (QED) is 0.347. The number of hydrogen-bond donors (Lipinski definition) is 5. The summed E-state index contributed by atoms with van der Waals surface area (Å²) in [4.78, 5) is 22.8. The molecular formula is C21H28ClN5O2. The fourth-order valence-corrected chi connectivity index (χ4v) is 2.56. The highest BCUT2D eigenvalue weighted by Crippen LogP contribution is 2.14. The summed E-state index contributed by atoms with van der Waals surface area (Å²) in [6.45, 7) is 3.87. The minimum absolute atomic E-state index is 0.00120. The molecule has 0 aliphatic rings. The molecule has 0 aromatic heterocycles. The predicted molar refractivity (Wildman–Crippen MR) is 117 cm³/mol. The third kappa shape index (κ3) is 8.76. The molecule has 0 bridgehead atoms. The van der Waals surface area contributed by atoms with E-state index in [0.717, 1.165) is 17.0 Å². The average Bonchev–Trinajstić information content (AvgIpc) is 2.72. The highest BCUT2D eigenvalue weighted by atomic mass is 35.5. The second kappa shape index (κ2) is 12.5. The molecule has 2 rings (SSSR count). The van der Waals surface area contributed by atoms with Crippen LogP contribution in [-0.2, 0) is 22.6 Å². The Balaban J connectivity index is 0.000000387. The first kappa shape index (κ1) is 24.1. The lowest BCUT2D eigenvalue weighted by Crippen LogP contribution is -2.46. The van der Waals surface area contributed by atoms with Crippen LogP contribution in [0.25, 0.3) is 0 Å². The van der Waals surface area contributed by atoms with Gasteiger partial charge in [-0.15, -0.1) is 0 Å². The van der Waals surface area contributed by atoms with E-state index >= 15 is 0 Å². The second-order valence-corrected chi connectivity index (χ2v) is 6.67. The van der Waals surface area contributed by atoms with Crippen molar-refractivity contribution >= 4 is 29.3 Å². The van der Waals surface area contributed by atoms with E-state index in [1.165, 1.54) is 5.56 Å². The zero-order valence-electron chi connectivity index (χ0n) is 16.7. The van der Waals surface area contributed by atoms with Gasteiger partial charge < -0.3 is 22.1 Å². The van der Waals surface area contributed by atoms with Gasteiger partial charge >= 0.3 is 0 Å². The molecular weight excluding hydrogens is 390 g/mol. The van der Waals surface area contributed by atoms with E-state index in [1.54, 1.807) is 31.2 Å². The summed E-state index contributed by atoms with van der Waals surface area (Å²) < 4.78 is 0. The summed E-state index contributed by atoms with van der Waals surface area (Å²) in [5.41, 5.74) is 13.2. The molecule has 7 N–H and O–H groups in total. The molecule has 2 aromatic rings. The minimum atomic E-state index is -0.637. The van der Waals surface area contributed by atoms with Gasteiger partial charge in [0.15, 0.2) is 0 Å². The molecule has 7 nitrogen and oxygen atoms in total. The van der Waals surface area contributed by atoms with Gasteiger partial charge in [0, 0.05) is 17.1 Å². The van der Waals surface area contributed by atoms with E-state index in [-0.39, 0.29) is 24.2 Å². The minimum Gasteiger partial charge on any atom is -0.384 e. The molecule has 0 aliphatic heterocycles. The number of aryl methyl sites for hydroxylation is 1. The van der Waals surface area contributed by atoms with Crippen LogP contribution < -0.4 is 22.1 Å². The van der Waals surface area contributed by atoms with Crippen LogP contribution in [0.5, 0.6) is 0 Å². The summed E-state index contributed by atoms with van der Waals surface area (Å²) in [5.74, 6) is -0.667. The van der Waals surface area contributed by atoms with Crippen LogP contribution in [0.3, 0.4) is 0 Å². The van der Waals surface area contributed by atoms with Gasteiger partial charge in [0.1, 0.15) is 11.9 Å². The van der Waals surface area contributed by atoms with Gasteiger partial charge in [0.25, 0.3) is 0 Å².